The Balaban J connectivity index is 1.36. The molecule has 2 fully saturated rings. The van der Waals surface area contributed by atoms with Gasteiger partial charge in [-0.1, -0.05) is 12.1 Å². The van der Waals surface area contributed by atoms with Crippen LogP contribution in [-0.2, 0) is 36.1 Å². The maximum atomic E-state index is 13.3. The van der Waals surface area contributed by atoms with E-state index in [1.165, 1.54) is 53.2 Å². The average Bonchev–Trinajstić information content (AvgIpc) is 2.96. The monoisotopic (exact) mass is 567 g/mol. The number of sulfonamides is 2. The third-order valence-electron chi connectivity index (χ3n) is 6.75. The minimum Gasteiger partial charge on any atom is -0.493 e. The molecular formula is C25H33N3O8S2. The third kappa shape index (κ3) is 6.12. The molecule has 0 spiro atoms. The van der Waals surface area contributed by atoms with Crippen molar-refractivity contribution in [1.29, 1.82) is 0 Å². The minimum absolute atomic E-state index is 0.0687. The molecule has 208 valence electrons. The van der Waals surface area contributed by atoms with Crippen LogP contribution in [0.2, 0.25) is 0 Å². The van der Waals surface area contributed by atoms with E-state index in [1.807, 2.05) is 0 Å². The van der Waals surface area contributed by atoms with Crippen molar-refractivity contribution in [3.63, 3.8) is 0 Å². The number of hydrogen-bond acceptors (Lipinski definition) is 8. The van der Waals surface area contributed by atoms with Gasteiger partial charge in [-0.2, -0.15) is 8.61 Å². The number of morpholine rings is 1. The summed E-state index contributed by atoms with van der Waals surface area (Å²) < 4.78 is 70.5. The van der Waals surface area contributed by atoms with Gasteiger partial charge in [0, 0.05) is 38.8 Å². The fourth-order valence-corrected chi connectivity index (χ4v) is 7.50. The van der Waals surface area contributed by atoms with E-state index in [2.05, 4.69) is 5.32 Å². The zero-order valence-electron chi connectivity index (χ0n) is 21.5. The molecule has 0 aliphatic carbocycles. The summed E-state index contributed by atoms with van der Waals surface area (Å²) in [4.78, 5) is 13.2. The Morgan fingerprint density at radius 2 is 1.53 bits per heavy atom. The number of methoxy groups -OCH3 is 2. The van der Waals surface area contributed by atoms with Gasteiger partial charge < -0.3 is 19.5 Å². The fraction of sp³-hybridized carbons (Fsp3) is 0.480. The van der Waals surface area contributed by atoms with Gasteiger partial charge in [0.15, 0.2) is 11.5 Å². The van der Waals surface area contributed by atoms with Gasteiger partial charge in [-0.25, -0.2) is 16.8 Å². The van der Waals surface area contributed by atoms with E-state index in [4.69, 9.17) is 14.2 Å². The first kappa shape index (κ1) is 28.3. The summed E-state index contributed by atoms with van der Waals surface area (Å²) in [5, 5.41) is 2.86. The van der Waals surface area contributed by atoms with Gasteiger partial charge in [0.1, 0.15) is 0 Å². The summed E-state index contributed by atoms with van der Waals surface area (Å²) in [6.45, 7) is 1.98. The molecule has 2 aliphatic heterocycles. The Morgan fingerprint density at radius 3 is 2.18 bits per heavy atom. The van der Waals surface area contributed by atoms with E-state index in [0.717, 1.165) is 5.56 Å². The Kier molecular flexibility index (Phi) is 8.93. The van der Waals surface area contributed by atoms with E-state index >= 15 is 0 Å². The van der Waals surface area contributed by atoms with Crippen molar-refractivity contribution in [3.05, 3.63) is 48.0 Å². The lowest BCUT2D eigenvalue weighted by molar-refractivity contribution is -0.126. The van der Waals surface area contributed by atoms with E-state index in [-0.39, 0.29) is 28.8 Å². The maximum absolute atomic E-state index is 13.3. The Morgan fingerprint density at radius 1 is 0.895 bits per heavy atom. The first-order chi connectivity index (χ1) is 18.2. The average molecular weight is 568 g/mol. The van der Waals surface area contributed by atoms with E-state index < -0.39 is 26.0 Å². The number of ether oxygens (including phenoxy) is 3. The van der Waals surface area contributed by atoms with Crippen LogP contribution in [0.4, 0.5) is 0 Å². The number of nitrogens with zero attached hydrogens (tertiary/aromatic N) is 2. The van der Waals surface area contributed by atoms with Crippen LogP contribution in [0.5, 0.6) is 11.5 Å². The molecule has 11 nitrogen and oxygen atoms in total. The quantitative estimate of drug-likeness (QED) is 0.482. The van der Waals surface area contributed by atoms with Crippen LogP contribution in [0.3, 0.4) is 0 Å². The first-order valence-electron chi connectivity index (χ1n) is 12.3. The molecule has 0 aromatic heterocycles. The summed E-state index contributed by atoms with van der Waals surface area (Å²) in [6, 6.07) is 10.8. The van der Waals surface area contributed by atoms with Gasteiger partial charge in [-0.15, -0.1) is 0 Å². The number of carbonyl (C=O) groups excluding carboxylic acids is 1. The number of piperidine rings is 1. The number of rotatable bonds is 9. The number of amides is 1. The predicted molar refractivity (Wildman–Crippen MR) is 139 cm³/mol. The Bertz CT molecular complexity index is 1340. The molecule has 2 saturated heterocycles. The van der Waals surface area contributed by atoms with E-state index in [0.29, 0.717) is 57.2 Å². The maximum Gasteiger partial charge on any atom is 0.243 e. The Hall–Kier alpha value is -2.71. The number of hydrogen-bond donors (Lipinski definition) is 1. The van der Waals surface area contributed by atoms with Crippen LogP contribution in [0, 0.1) is 5.92 Å². The number of benzene rings is 2. The third-order valence-corrected chi connectivity index (χ3v) is 10.5. The SMILES string of the molecule is COc1ccc(S(=O)(=O)N2CCC[C@@H](C(=O)NCc3ccc(S(=O)(=O)N4CCOCC4)cc3)C2)cc1OC. The molecule has 1 amide bonds. The van der Waals surface area contributed by atoms with Crippen LogP contribution < -0.4 is 14.8 Å². The molecule has 2 aliphatic rings. The summed E-state index contributed by atoms with van der Waals surface area (Å²) in [5.74, 6) is -0.0143. The van der Waals surface area contributed by atoms with Gasteiger partial charge in [0.25, 0.3) is 0 Å². The number of carbonyl (C=O) groups is 1. The molecule has 0 saturated carbocycles. The second-order valence-electron chi connectivity index (χ2n) is 9.10. The van der Waals surface area contributed by atoms with Crippen LogP contribution in [0.25, 0.3) is 0 Å². The lowest BCUT2D eigenvalue weighted by Gasteiger charge is -2.31. The number of nitrogens with one attached hydrogen (secondary N) is 1. The summed E-state index contributed by atoms with van der Waals surface area (Å²) in [7, 11) is -4.51. The summed E-state index contributed by atoms with van der Waals surface area (Å²) in [6.07, 6.45) is 1.12. The van der Waals surface area contributed by atoms with Gasteiger partial charge in [0.2, 0.25) is 26.0 Å². The highest BCUT2D eigenvalue weighted by Crippen LogP contribution is 2.32. The van der Waals surface area contributed by atoms with Crippen molar-refractivity contribution in [2.75, 3.05) is 53.6 Å². The smallest absolute Gasteiger partial charge is 0.243 e. The second-order valence-corrected chi connectivity index (χ2v) is 13.0. The van der Waals surface area contributed by atoms with Crippen molar-refractivity contribution in [2.24, 2.45) is 5.92 Å². The molecule has 38 heavy (non-hydrogen) atoms. The molecule has 0 bridgehead atoms. The standard InChI is InChI=1S/C25H33N3O8S2/c1-34-23-10-9-22(16-24(23)35-2)38(32,33)28-11-3-4-20(18-28)25(29)26-17-19-5-7-21(8-6-19)37(30,31)27-12-14-36-15-13-27/h5-10,16,20H,3-4,11-15,17-18H2,1-2H3,(H,26,29)/t20-/m1/s1. The zero-order chi connectivity index (χ0) is 27.3. The normalized spacial score (nSPS) is 19.6. The molecule has 1 atom stereocenters. The molecule has 13 heteroatoms. The topological polar surface area (TPSA) is 132 Å². The van der Waals surface area contributed by atoms with Crippen molar-refractivity contribution in [2.45, 2.75) is 29.2 Å². The van der Waals surface area contributed by atoms with Crippen LogP contribution in [0.1, 0.15) is 18.4 Å². The predicted octanol–water partition coefficient (Wildman–Crippen LogP) is 1.44. The molecule has 2 heterocycles. The van der Waals surface area contributed by atoms with Gasteiger partial charge >= 0.3 is 0 Å². The van der Waals surface area contributed by atoms with Crippen LogP contribution >= 0.6 is 0 Å². The highest BCUT2D eigenvalue weighted by Gasteiger charge is 2.34. The van der Waals surface area contributed by atoms with Gasteiger partial charge in [-0.3, -0.25) is 4.79 Å². The second kappa shape index (κ2) is 12.0. The summed E-state index contributed by atoms with van der Waals surface area (Å²) >= 11 is 0. The van der Waals surface area contributed by atoms with E-state index in [1.54, 1.807) is 12.1 Å². The molecule has 2 aromatic rings. The molecule has 1 N–H and O–H groups in total. The Labute approximate surface area is 223 Å². The van der Waals surface area contributed by atoms with Crippen LogP contribution in [-0.4, -0.2) is 85.0 Å². The highest BCUT2D eigenvalue weighted by atomic mass is 32.2. The molecular weight excluding hydrogens is 534 g/mol. The van der Waals surface area contributed by atoms with Gasteiger partial charge in [0.05, 0.1) is 43.1 Å². The van der Waals surface area contributed by atoms with E-state index in [9.17, 15) is 21.6 Å². The largest absolute Gasteiger partial charge is 0.493 e. The highest BCUT2D eigenvalue weighted by molar-refractivity contribution is 7.89. The molecule has 2 aromatic carbocycles. The first-order valence-corrected chi connectivity index (χ1v) is 15.2. The van der Waals surface area contributed by atoms with Crippen molar-refractivity contribution >= 4 is 26.0 Å². The lowest BCUT2D eigenvalue weighted by Crippen LogP contribution is -2.45. The zero-order valence-corrected chi connectivity index (χ0v) is 23.1. The molecule has 0 unspecified atom stereocenters. The van der Waals surface area contributed by atoms with Gasteiger partial charge in [-0.05, 0) is 42.7 Å². The van der Waals surface area contributed by atoms with Crippen LogP contribution in [0.15, 0.2) is 52.3 Å². The van der Waals surface area contributed by atoms with Crippen molar-refractivity contribution in [1.82, 2.24) is 13.9 Å². The molecule has 0 radical (unpaired) electrons. The lowest BCUT2D eigenvalue weighted by atomic mass is 9.99. The molecule has 4 rings (SSSR count). The minimum atomic E-state index is -3.83. The fourth-order valence-electron chi connectivity index (χ4n) is 4.55. The summed E-state index contributed by atoms with van der Waals surface area (Å²) in [5.41, 5.74) is 0.741. The van der Waals surface area contributed by atoms with Crippen molar-refractivity contribution < 1.29 is 35.8 Å². The van der Waals surface area contributed by atoms with Crippen molar-refractivity contribution in [3.8, 4) is 11.5 Å².